The molecule has 150 valence electrons. The largest absolute Gasteiger partial charge is 0.504 e. The molecule has 1 saturated heterocycles. The maximum absolute atomic E-state index is 12.8. The summed E-state index contributed by atoms with van der Waals surface area (Å²) in [5.41, 5.74) is 1.74. The lowest BCUT2D eigenvalue weighted by Crippen LogP contribution is -2.46. The Hall–Kier alpha value is -2.53. The second-order valence-electron chi connectivity index (χ2n) is 7.45. The molecule has 28 heavy (non-hydrogen) atoms. The maximum Gasteiger partial charge on any atom is 0.312 e. The van der Waals surface area contributed by atoms with Crippen molar-refractivity contribution in [2.24, 2.45) is 5.41 Å². The first-order chi connectivity index (χ1) is 13.6. The normalized spacial score (nSPS) is 16.5. The van der Waals surface area contributed by atoms with Crippen LogP contribution in [0.5, 0.6) is 11.5 Å². The summed E-state index contributed by atoms with van der Waals surface area (Å²) in [6.07, 6.45) is 2.25. The minimum absolute atomic E-state index is 0.0828. The third-order valence-electron chi connectivity index (χ3n) is 5.56. The van der Waals surface area contributed by atoms with Crippen LogP contribution in [0.25, 0.3) is 0 Å². The topological polar surface area (TPSA) is 59.0 Å². The number of phenolic OH excluding ortho intramolecular Hbond substituents is 1. The first kappa shape index (κ1) is 20.2. The predicted octanol–water partition coefficient (Wildman–Crippen LogP) is 3.79. The molecule has 1 aliphatic heterocycles. The quantitative estimate of drug-likeness (QED) is 0.737. The molecule has 3 rings (SSSR count). The number of benzene rings is 2. The van der Waals surface area contributed by atoms with E-state index < -0.39 is 5.41 Å². The van der Waals surface area contributed by atoms with Crippen LogP contribution in [-0.2, 0) is 22.5 Å². The number of esters is 1. The van der Waals surface area contributed by atoms with Gasteiger partial charge in [0.25, 0.3) is 0 Å². The molecule has 2 aromatic rings. The molecule has 1 heterocycles. The van der Waals surface area contributed by atoms with Gasteiger partial charge in [-0.15, -0.1) is 0 Å². The second-order valence-corrected chi connectivity index (χ2v) is 7.45. The highest BCUT2D eigenvalue weighted by molar-refractivity contribution is 5.77. The Morgan fingerprint density at radius 3 is 2.43 bits per heavy atom. The maximum atomic E-state index is 12.8. The summed E-state index contributed by atoms with van der Waals surface area (Å²) in [4.78, 5) is 15.1. The fourth-order valence-electron chi connectivity index (χ4n) is 3.96. The number of carbonyl (C=O) groups is 1. The van der Waals surface area contributed by atoms with Crippen molar-refractivity contribution in [3.63, 3.8) is 0 Å². The Labute approximate surface area is 166 Å². The molecule has 5 heteroatoms. The van der Waals surface area contributed by atoms with Crippen LogP contribution in [0.2, 0.25) is 0 Å². The zero-order chi connectivity index (χ0) is 20.0. The number of hydrogen-bond acceptors (Lipinski definition) is 5. The Balaban J connectivity index is 1.68. The van der Waals surface area contributed by atoms with Crippen molar-refractivity contribution in [3.05, 3.63) is 59.7 Å². The molecular formula is C23H29NO4. The van der Waals surface area contributed by atoms with Crippen molar-refractivity contribution < 1.29 is 19.4 Å². The molecule has 0 atom stereocenters. The van der Waals surface area contributed by atoms with E-state index in [-0.39, 0.29) is 11.7 Å². The molecular weight excluding hydrogens is 354 g/mol. The molecule has 5 nitrogen and oxygen atoms in total. The van der Waals surface area contributed by atoms with Gasteiger partial charge >= 0.3 is 5.97 Å². The first-order valence-corrected chi connectivity index (χ1v) is 9.86. The zero-order valence-electron chi connectivity index (χ0n) is 16.7. The van der Waals surface area contributed by atoms with Crippen LogP contribution in [0.15, 0.2) is 48.5 Å². The van der Waals surface area contributed by atoms with Gasteiger partial charge in [0.1, 0.15) is 0 Å². The predicted molar refractivity (Wildman–Crippen MR) is 108 cm³/mol. The highest BCUT2D eigenvalue weighted by Crippen LogP contribution is 2.37. The number of carbonyl (C=O) groups excluding carboxylic acids is 1. The van der Waals surface area contributed by atoms with Gasteiger partial charge in [-0.3, -0.25) is 9.69 Å². The molecule has 0 amide bonds. The van der Waals surface area contributed by atoms with E-state index in [4.69, 9.17) is 9.47 Å². The van der Waals surface area contributed by atoms with Crippen LogP contribution in [0.3, 0.4) is 0 Å². The van der Waals surface area contributed by atoms with Gasteiger partial charge in [-0.05, 0) is 62.5 Å². The number of methoxy groups -OCH3 is 1. The van der Waals surface area contributed by atoms with Gasteiger partial charge in [0.15, 0.2) is 11.5 Å². The van der Waals surface area contributed by atoms with Crippen molar-refractivity contribution >= 4 is 5.97 Å². The van der Waals surface area contributed by atoms with E-state index in [1.165, 1.54) is 5.56 Å². The van der Waals surface area contributed by atoms with Crippen molar-refractivity contribution in [1.29, 1.82) is 0 Å². The van der Waals surface area contributed by atoms with Gasteiger partial charge in [-0.25, -0.2) is 0 Å². The summed E-state index contributed by atoms with van der Waals surface area (Å²) in [6.45, 7) is 4.64. The van der Waals surface area contributed by atoms with E-state index in [0.717, 1.165) is 38.0 Å². The lowest BCUT2D eigenvalue weighted by molar-refractivity contribution is -0.158. The van der Waals surface area contributed by atoms with Gasteiger partial charge in [-0.1, -0.05) is 36.4 Å². The Morgan fingerprint density at radius 2 is 1.82 bits per heavy atom. The monoisotopic (exact) mass is 383 g/mol. The highest BCUT2D eigenvalue weighted by Gasteiger charge is 2.42. The number of piperidine rings is 1. The number of likely N-dealkylation sites (tertiary alicyclic amines) is 1. The lowest BCUT2D eigenvalue weighted by atomic mass is 9.73. The van der Waals surface area contributed by atoms with Crippen molar-refractivity contribution in [1.82, 2.24) is 4.90 Å². The van der Waals surface area contributed by atoms with E-state index >= 15 is 0 Å². The molecule has 2 aromatic carbocycles. The van der Waals surface area contributed by atoms with E-state index in [9.17, 15) is 9.90 Å². The smallest absolute Gasteiger partial charge is 0.312 e. The van der Waals surface area contributed by atoms with E-state index in [1.807, 2.05) is 31.2 Å². The van der Waals surface area contributed by atoms with Crippen LogP contribution < -0.4 is 4.74 Å². The summed E-state index contributed by atoms with van der Waals surface area (Å²) in [7, 11) is 1.54. The van der Waals surface area contributed by atoms with Gasteiger partial charge in [-0.2, -0.15) is 0 Å². The summed E-state index contributed by atoms with van der Waals surface area (Å²) < 4.78 is 10.6. The highest BCUT2D eigenvalue weighted by atomic mass is 16.5. The number of ether oxygens (including phenoxy) is 2. The minimum Gasteiger partial charge on any atom is -0.504 e. The van der Waals surface area contributed by atoms with E-state index in [2.05, 4.69) is 17.0 Å². The van der Waals surface area contributed by atoms with Gasteiger partial charge < -0.3 is 14.6 Å². The van der Waals surface area contributed by atoms with Gasteiger partial charge in [0, 0.05) is 6.54 Å². The molecule has 1 N–H and O–H groups in total. The number of aromatic hydroxyl groups is 1. The number of phenols is 1. The molecule has 0 unspecified atom stereocenters. The lowest BCUT2D eigenvalue weighted by Gasteiger charge is -2.40. The standard InChI is InChI=1S/C23H29NO4/c1-3-28-22(26)23(16-18-7-5-4-6-8-18)11-13-24(14-12-23)17-19-9-10-21(27-2)20(25)15-19/h4-10,15,25H,3,11-14,16-17H2,1-2H3. The third-order valence-corrected chi connectivity index (χ3v) is 5.56. The van der Waals surface area contributed by atoms with Gasteiger partial charge in [0.05, 0.1) is 19.1 Å². The first-order valence-electron chi connectivity index (χ1n) is 9.86. The average molecular weight is 383 g/mol. The summed E-state index contributed by atoms with van der Waals surface area (Å²) in [5, 5.41) is 10.00. The minimum atomic E-state index is -0.462. The SMILES string of the molecule is CCOC(=O)C1(Cc2ccccc2)CCN(Cc2ccc(OC)c(O)c2)CC1. The number of rotatable bonds is 7. The molecule has 0 radical (unpaired) electrons. The third kappa shape index (κ3) is 4.65. The zero-order valence-corrected chi connectivity index (χ0v) is 16.7. The summed E-state index contributed by atoms with van der Waals surface area (Å²) in [5.74, 6) is 0.550. The molecule has 0 aliphatic carbocycles. The van der Waals surface area contributed by atoms with Crippen LogP contribution in [0.1, 0.15) is 30.9 Å². The van der Waals surface area contributed by atoms with Crippen molar-refractivity contribution in [2.75, 3.05) is 26.8 Å². The Morgan fingerprint density at radius 1 is 1.11 bits per heavy atom. The summed E-state index contributed by atoms with van der Waals surface area (Å²) >= 11 is 0. The van der Waals surface area contributed by atoms with Crippen LogP contribution >= 0.6 is 0 Å². The average Bonchev–Trinajstić information content (AvgIpc) is 2.71. The summed E-state index contributed by atoms with van der Waals surface area (Å²) in [6, 6.07) is 15.7. The second kappa shape index (κ2) is 9.11. The fourth-order valence-corrected chi connectivity index (χ4v) is 3.96. The van der Waals surface area contributed by atoms with Crippen LogP contribution in [-0.4, -0.2) is 42.8 Å². The molecule has 1 aliphatic rings. The molecule has 0 saturated carbocycles. The van der Waals surface area contributed by atoms with E-state index in [0.29, 0.717) is 18.8 Å². The Kier molecular flexibility index (Phi) is 6.57. The molecule has 0 aromatic heterocycles. The Bertz CT molecular complexity index is 782. The molecule has 1 fully saturated rings. The molecule has 0 bridgehead atoms. The van der Waals surface area contributed by atoms with E-state index in [1.54, 1.807) is 19.2 Å². The van der Waals surface area contributed by atoms with Crippen molar-refractivity contribution in [2.45, 2.75) is 32.7 Å². The van der Waals surface area contributed by atoms with Crippen LogP contribution in [0, 0.1) is 5.41 Å². The van der Waals surface area contributed by atoms with Crippen LogP contribution in [0.4, 0.5) is 0 Å². The fraction of sp³-hybridized carbons (Fsp3) is 0.435. The van der Waals surface area contributed by atoms with Crippen molar-refractivity contribution in [3.8, 4) is 11.5 Å². The number of hydrogen-bond donors (Lipinski definition) is 1. The molecule has 0 spiro atoms. The number of nitrogens with zero attached hydrogens (tertiary/aromatic N) is 1. The van der Waals surface area contributed by atoms with Gasteiger partial charge in [0.2, 0.25) is 0 Å².